The number of urea groups is 1. The third-order valence-corrected chi connectivity index (χ3v) is 2.94. The summed E-state index contributed by atoms with van der Waals surface area (Å²) in [5, 5.41) is 5.15. The van der Waals surface area contributed by atoms with Crippen molar-refractivity contribution >= 4 is 35.0 Å². The second-order valence-electron chi connectivity index (χ2n) is 4.12. The van der Waals surface area contributed by atoms with Crippen LogP contribution in [0.25, 0.3) is 0 Å². The smallest absolute Gasteiger partial charge is 0.320 e. The molecule has 102 valence electrons. The zero-order chi connectivity index (χ0) is 13.7. The molecule has 2 N–H and O–H groups in total. The number of carbonyl (C=O) groups is 2. The van der Waals surface area contributed by atoms with Gasteiger partial charge in [0.25, 0.3) is 0 Å². The summed E-state index contributed by atoms with van der Waals surface area (Å²) in [6.07, 6.45) is 3.04. The first-order valence-electron chi connectivity index (χ1n) is 6.08. The van der Waals surface area contributed by atoms with E-state index in [2.05, 4.69) is 15.6 Å². The van der Waals surface area contributed by atoms with E-state index in [1.165, 1.54) is 0 Å². The predicted molar refractivity (Wildman–Crippen MR) is 73.6 cm³/mol. The number of nitrogens with zero attached hydrogens (tertiary/aromatic N) is 2. The van der Waals surface area contributed by atoms with Gasteiger partial charge in [0.15, 0.2) is 0 Å². The number of nitrogens with one attached hydrogen (secondary N) is 2. The second kappa shape index (κ2) is 6.38. The van der Waals surface area contributed by atoms with Gasteiger partial charge < -0.3 is 10.2 Å². The topological polar surface area (TPSA) is 74.3 Å². The molecule has 0 unspecified atom stereocenters. The number of rotatable bonds is 4. The number of alkyl halides is 1. The highest BCUT2D eigenvalue weighted by Crippen LogP contribution is 2.21. The van der Waals surface area contributed by atoms with Crippen LogP contribution in [0.2, 0.25) is 0 Å². The largest absolute Gasteiger partial charge is 0.337 e. The molecule has 6 nitrogen and oxygen atoms in total. The van der Waals surface area contributed by atoms with Crippen molar-refractivity contribution in [2.75, 3.05) is 29.2 Å². The molecular weight excluding hydrogens is 268 g/mol. The first kappa shape index (κ1) is 13.6. The maximum atomic E-state index is 11.6. The van der Waals surface area contributed by atoms with Gasteiger partial charge in [-0.2, -0.15) is 0 Å². The van der Waals surface area contributed by atoms with Gasteiger partial charge in [0.05, 0.1) is 11.9 Å². The third kappa shape index (κ3) is 3.57. The van der Waals surface area contributed by atoms with E-state index >= 15 is 0 Å². The molecule has 1 aromatic rings. The van der Waals surface area contributed by atoms with Crippen molar-refractivity contribution in [3.8, 4) is 0 Å². The molecule has 19 heavy (non-hydrogen) atoms. The van der Waals surface area contributed by atoms with Crippen molar-refractivity contribution in [3.05, 3.63) is 18.3 Å². The van der Waals surface area contributed by atoms with Crippen molar-refractivity contribution in [2.45, 2.75) is 12.8 Å². The molecule has 1 saturated heterocycles. The van der Waals surface area contributed by atoms with Crippen LogP contribution >= 0.6 is 11.6 Å². The summed E-state index contributed by atoms with van der Waals surface area (Å²) in [7, 11) is 0. The molecule has 0 spiro atoms. The Morgan fingerprint density at radius 2 is 2.32 bits per heavy atom. The molecule has 1 aromatic heterocycles. The summed E-state index contributed by atoms with van der Waals surface area (Å²) in [5.74, 6) is 0.904. The average molecular weight is 283 g/mol. The van der Waals surface area contributed by atoms with Gasteiger partial charge in [0, 0.05) is 25.4 Å². The molecule has 3 amide bonds. The quantitative estimate of drug-likeness (QED) is 0.823. The molecule has 7 heteroatoms. The Bertz CT molecular complexity index is 463. The fourth-order valence-corrected chi connectivity index (χ4v) is 1.96. The van der Waals surface area contributed by atoms with Crippen molar-refractivity contribution < 1.29 is 9.59 Å². The highest BCUT2D eigenvalue weighted by Gasteiger charge is 2.21. The van der Waals surface area contributed by atoms with Gasteiger partial charge in [-0.1, -0.05) is 0 Å². The number of aromatic nitrogens is 1. The highest BCUT2D eigenvalue weighted by molar-refractivity contribution is 6.18. The molecular formula is C12H15ClN4O2. The molecule has 0 aromatic carbocycles. The van der Waals surface area contributed by atoms with Crippen LogP contribution in [0.1, 0.15) is 12.8 Å². The molecule has 2 rings (SSSR count). The van der Waals surface area contributed by atoms with Crippen LogP contribution in [0.4, 0.5) is 16.3 Å². The van der Waals surface area contributed by atoms with E-state index in [-0.39, 0.29) is 11.9 Å². The fraction of sp³-hybridized carbons (Fsp3) is 0.417. The van der Waals surface area contributed by atoms with Crippen LogP contribution in [0, 0.1) is 0 Å². The lowest BCUT2D eigenvalue weighted by molar-refractivity contribution is -0.117. The molecule has 2 heterocycles. The molecule has 0 aliphatic carbocycles. The minimum Gasteiger partial charge on any atom is -0.337 e. The Labute approximate surface area is 116 Å². The van der Waals surface area contributed by atoms with Crippen LogP contribution in [0.15, 0.2) is 18.3 Å². The first-order chi connectivity index (χ1) is 9.20. The Morgan fingerprint density at radius 1 is 1.47 bits per heavy atom. The minimum absolute atomic E-state index is 0.113. The van der Waals surface area contributed by atoms with Crippen LogP contribution in [0.3, 0.4) is 0 Å². The maximum absolute atomic E-state index is 11.6. The number of halogens is 1. The number of pyridine rings is 1. The summed E-state index contributed by atoms with van der Waals surface area (Å²) < 4.78 is 0. The number of carbonyl (C=O) groups excluding carboxylic acids is 2. The zero-order valence-corrected chi connectivity index (χ0v) is 11.1. The van der Waals surface area contributed by atoms with E-state index in [1.807, 2.05) is 0 Å². The van der Waals surface area contributed by atoms with E-state index in [0.29, 0.717) is 24.7 Å². The fourth-order valence-electron chi connectivity index (χ4n) is 1.86. The van der Waals surface area contributed by atoms with Gasteiger partial charge in [0.1, 0.15) is 5.82 Å². The van der Waals surface area contributed by atoms with Crippen LogP contribution < -0.4 is 15.5 Å². The molecule has 0 saturated carbocycles. The molecule has 0 atom stereocenters. The van der Waals surface area contributed by atoms with Crippen LogP contribution in [0.5, 0.6) is 0 Å². The molecule has 1 fully saturated rings. The molecule has 1 aliphatic rings. The Morgan fingerprint density at radius 3 is 2.89 bits per heavy atom. The second-order valence-corrected chi connectivity index (χ2v) is 4.50. The third-order valence-electron chi connectivity index (χ3n) is 2.75. The summed E-state index contributed by atoms with van der Waals surface area (Å²) in [4.78, 5) is 28.7. The normalized spacial score (nSPS) is 14.6. The number of amides is 3. The average Bonchev–Trinajstić information content (AvgIpc) is 2.83. The van der Waals surface area contributed by atoms with Crippen molar-refractivity contribution in [1.82, 2.24) is 10.3 Å². The number of hydrogen-bond donors (Lipinski definition) is 2. The number of anilines is 2. The number of hydrogen-bond acceptors (Lipinski definition) is 3. The van der Waals surface area contributed by atoms with Crippen molar-refractivity contribution in [2.24, 2.45) is 0 Å². The monoisotopic (exact) mass is 282 g/mol. The molecule has 0 radical (unpaired) electrons. The lowest BCUT2D eigenvalue weighted by Crippen LogP contribution is -2.30. The van der Waals surface area contributed by atoms with E-state index in [1.54, 1.807) is 23.2 Å². The maximum Gasteiger partial charge on any atom is 0.320 e. The van der Waals surface area contributed by atoms with Gasteiger partial charge in [-0.3, -0.25) is 10.1 Å². The minimum atomic E-state index is -0.349. The molecule has 1 aliphatic heterocycles. The van der Waals surface area contributed by atoms with E-state index in [0.717, 1.165) is 18.7 Å². The summed E-state index contributed by atoms with van der Waals surface area (Å²) in [6.45, 7) is 1.12. The van der Waals surface area contributed by atoms with Gasteiger partial charge in [-0.25, -0.2) is 9.78 Å². The Kier molecular flexibility index (Phi) is 4.57. The van der Waals surface area contributed by atoms with E-state index < -0.39 is 0 Å². The predicted octanol–water partition coefficient (Wildman–Crippen LogP) is 1.57. The van der Waals surface area contributed by atoms with Crippen LogP contribution in [-0.4, -0.2) is 35.9 Å². The Hall–Kier alpha value is -1.82. The van der Waals surface area contributed by atoms with E-state index in [4.69, 9.17) is 11.6 Å². The summed E-state index contributed by atoms with van der Waals surface area (Å²) >= 11 is 5.46. The molecule has 0 bridgehead atoms. The lowest BCUT2D eigenvalue weighted by atomic mass is 10.3. The Balaban J connectivity index is 1.94. The van der Waals surface area contributed by atoms with Crippen molar-refractivity contribution in [3.63, 3.8) is 0 Å². The SMILES string of the molecule is O=C(NCCCl)Nc1ccc(N2CCCC2=O)cn1. The van der Waals surface area contributed by atoms with Gasteiger partial charge in [0.2, 0.25) is 5.91 Å². The first-order valence-corrected chi connectivity index (χ1v) is 6.61. The van der Waals surface area contributed by atoms with Gasteiger partial charge in [-0.05, 0) is 18.6 Å². The summed E-state index contributed by atoms with van der Waals surface area (Å²) in [6, 6.07) is 3.09. The lowest BCUT2D eigenvalue weighted by Gasteiger charge is -2.15. The standard InChI is InChI=1S/C12H15ClN4O2/c13-5-6-14-12(19)16-10-4-3-9(8-15-10)17-7-1-2-11(17)18/h3-4,8H,1-2,5-7H2,(H2,14,15,16,19). The van der Waals surface area contributed by atoms with Crippen LogP contribution in [-0.2, 0) is 4.79 Å². The zero-order valence-electron chi connectivity index (χ0n) is 10.4. The van der Waals surface area contributed by atoms with Gasteiger partial charge >= 0.3 is 6.03 Å². The highest BCUT2D eigenvalue weighted by atomic mass is 35.5. The van der Waals surface area contributed by atoms with Crippen molar-refractivity contribution in [1.29, 1.82) is 0 Å². The van der Waals surface area contributed by atoms with Gasteiger partial charge in [-0.15, -0.1) is 11.6 Å². The summed E-state index contributed by atoms with van der Waals surface area (Å²) in [5.41, 5.74) is 0.759. The van der Waals surface area contributed by atoms with E-state index in [9.17, 15) is 9.59 Å².